The Balaban J connectivity index is 1.31. The molecule has 8 heteroatoms. The van der Waals surface area contributed by atoms with Crippen molar-refractivity contribution < 1.29 is 19.1 Å². The minimum Gasteiger partial charge on any atom is -0.465 e. The number of para-hydroxylation sites is 1. The Kier molecular flexibility index (Phi) is 7.22. The van der Waals surface area contributed by atoms with Crippen LogP contribution >= 0.6 is 11.3 Å². The van der Waals surface area contributed by atoms with Crippen molar-refractivity contribution in [3.63, 3.8) is 0 Å². The van der Waals surface area contributed by atoms with Gasteiger partial charge in [-0.3, -0.25) is 14.5 Å². The summed E-state index contributed by atoms with van der Waals surface area (Å²) in [6.45, 7) is 1.62. The number of methoxy groups -OCH3 is 1. The molecule has 1 saturated heterocycles. The van der Waals surface area contributed by atoms with E-state index in [1.54, 1.807) is 0 Å². The van der Waals surface area contributed by atoms with Crippen LogP contribution in [0.2, 0.25) is 0 Å². The van der Waals surface area contributed by atoms with E-state index in [9.17, 15) is 14.4 Å². The maximum atomic E-state index is 12.7. The fourth-order valence-electron chi connectivity index (χ4n) is 4.46. The lowest BCUT2D eigenvalue weighted by molar-refractivity contribution is -0.121. The Bertz CT molecular complexity index is 981. The highest BCUT2D eigenvalue weighted by Gasteiger charge is 2.29. The van der Waals surface area contributed by atoms with E-state index >= 15 is 0 Å². The van der Waals surface area contributed by atoms with E-state index in [1.165, 1.54) is 23.3 Å². The zero-order chi connectivity index (χ0) is 22.5. The zero-order valence-corrected chi connectivity index (χ0v) is 19.1. The van der Waals surface area contributed by atoms with Gasteiger partial charge in [-0.2, -0.15) is 0 Å². The molecule has 170 valence electrons. The number of anilines is 2. The second-order valence-electron chi connectivity index (χ2n) is 8.36. The predicted octanol–water partition coefficient (Wildman–Crippen LogP) is 3.70. The maximum absolute atomic E-state index is 12.7. The highest BCUT2D eigenvalue weighted by atomic mass is 32.1. The second-order valence-corrected chi connectivity index (χ2v) is 9.47. The molecule has 0 saturated carbocycles. The second kappa shape index (κ2) is 10.3. The van der Waals surface area contributed by atoms with E-state index < -0.39 is 0 Å². The van der Waals surface area contributed by atoms with E-state index in [0.29, 0.717) is 36.5 Å². The molecule has 0 bridgehead atoms. The van der Waals surface area contributed by atoms with Gasteiger partial charge in [0.15, 0.2) is 0 Å². The Labute approximate surface area is 192 Å². The maximum Gasteiger partial charge on any atom is 0.341 e. The average molecular weight is 456 g/mol. The predicted molar refractivity (Wildman–Crippen MR) is 125 cm³/mol. The number of nitrogens with zero attached hydrogens (tertiary/aromatic N) is 1. The van der Waals surface area contributed by atoms with Crippen molar-refractivity contribution in [3.8, 4) is 0 Å². The number of rotatable bonds is 6. The van der Waals surface area contributed by atoms with Gasteiger partial charge in [0.2, 0.25) is 11.8 Å². The number of thiophene rings is 1. The monoisotopic (exact) mass is 455 g/mol. The summed E-state index contributed by atoms with van der Waals surface area (Å²) in [4.78, 5) is 40.8. The Hall–Kier alpha value is -2.71. The molecular weight excluding hydrogens is 426 g/mol. The Morgan fingerprint density at radius 2 is 1.78 bits per heavy atom. The van der Waals surface area contributed by atoms with Crippen molar-refractivity contribution in [2.75, 3.05) is 37.4 Å². The molecule has 1 fully saturated rings. The summed E-state index contributed by atoms with van der Waals surface area (Å²) >= 11 is 1.50. The highest BCUT2D eigenvalue weighted by molar-refractivity contribution is 7.17. The number of esters is 1. The lowest BCUT2D eigenvalue weighted by Crippen LogP contribution is -2.41. The van der Waals surface area contributed by atoms with Crippen LogP contribution < -0.4 is 10.6 Å². The van der Waals surface area contributed by atoms with Gasteiger partial charge in [0.05, 0.1) is 19.2 Å². The number of likely N-dealkylation sites (tertiary alicyclic amines) is 1. The smallest absolute Gasteiger partial charge is 0.341 e. The first-order valence-corrected chi connectivity index (χ1v) is 12.0. The number of nitrogens with one attached hydrogen (secondary N) is 2. The topological polar surface area (TPSA) is 87.7 Å². The first-order chi connectivity index (χ1) is 15.5. The van der Waals surface area contributed by atoms with Gasteiger partial charge in [-0.1, -0.05) is 18.2 Å². The van der Waals surface area contributed by atoms with Gasteiger partial charge in [0.25, 0.3) is 0 Å². The lowest BCUT2D eigenvalue weighted by atomic mass is 9.95. The minimum atomic E-state index is -0.384. The fraction of sp³-hybridized carbons (Fsp3) is 0.458. The number of benzene rings is 1. The number of amides is 2. The van der Waals surface area contributed by atoms with Crippen LogP contribution in [0.15, 0.2) is 30.3 Å². The van der Waals surface area contributed by atoms with Crippen molar-refractivity contribution in [3.05, 3.63) is 46.3 Å². The standard InChI is InChI=1S/C24H29N3O4S/c1-31-24(30)21-18-9-5-6-10-19(18)32-23(21)26-20(28)15-27-13-11-16(12-14-27)22(29)25-17-7-3-2-4-8-17/h2-4,7-8,16H,5-6,9-15H2,1H3,(H,25,29)(H,26,28). The summed E-state index contributed by atoms with van der Waals surface area (Å²) in [7, 11) is 1.37. The molecule has 4 rings (SSSR count). The average Bonchev–Trinajstić information content (AvgIpc) is 3.17. The van der Waals surface area contributed by atoms with Crippen LogP contribution in [0, 0.1) is 5.92 Å². The molecular formula is C24H29N3O4S. The Morgan fingerprint density at radius 3 is 2.50 bits per heavy atom. The quantitative estimate of drug-likeness (QED) is 0.649. The molecule has 2 heterocycles. The van der Waals surface area contributed by atoms with Crippen LogP contribution in [0.1, 0.15) is 46.5 Å². The molecule has 1 aromatic carbocycles. The molecule has 0 unspecified atom stereocenters. The van der Waals surface area contributed by atoms with Gasteiger partial charge in [-0.15, -0.1) is 11.3 Å². The van der Waals surface area contributed by atoms with Crippen LogP contribution in [0.5, 0.6) is 0 Å². The third-order valence-electron chi connectivity index (χ3n) is 6.18. The summed E-state index contributed by atoms with van der Waals surface area (Å²) in [5.41, 5.74) is 2.37. The molecule has 2 amide bonds. The molecule has 2 aliphatic rings. The van der Waals surface area contributed by atoms with E-state index in [4.69, 9.17) is 4.74 Å². The van der Waals surface area contributed by atoms with Crippen LogP contribution in [0.25, 0.3) is 0 Å². The van der Waals surface area contributed by atoms with Gasteiger partial charge in [-0.25, -0.2) is 4.79 Å². The van der Waals surface area contributed by atoms with E-state index in [-0.39, 0.29) is 30.2 Å². The van der Waals surface area contributed by atoms with Gasteiger partial charge in [-0.05, 0) is 69.3 Å². The first kappa shape index (κ1) is 22.5. The number of hydrogen-bond donors (Lipinski definition) is 2. The summed E-state index contributed by atoms with van der Waals surface area (Å²) in [5, 5.41) is 6.52. The van der Waals surface area contributed by atoms with Crippen LogP contribution in [-0.4, -0.2) is 49.4 Å². The number of fused-ring (bicyclic) bond motifs is 1. The van der Waals surface area contributed by atoms with E-state index in [0.717, 1.165) is 36.9 Å². The van der Waals surface area contributed by atoms with E-state index in [2.05, 4.69) is 15.5 Å². The number of carbonyl (C=O) groups is 3. The number of hydrogen-bond acceptors (Lipinski definition) is 6. The molecule has 0 radical (unpaired) electrons. The Morgan fingerprint density at radius 1 is 1.06 bits per heavy atom. The first-order valence-electron chi connectivity index (χ1n) is 11.2. The van der Waals surface area contributed by atoms with Gasteiger partial charge in [0.1, 0.15) is 5.00 Å². The third-order valence-corrected chi connectivity index (χ3v) is 7.39. The molecule has 0 spiro atoms. The van der Waals surface area contributed by atoms with Crippen molar-refractivity contribution in [1.29, 1.82) is 0 Å². The largest absolute Gasteiger partial charge is 0.465 e. The van der Waals surface area contributed by atoms with Crippen molar-refractivity contribution in [2.24, 2.45) is 5.92 Å². The molecule has 2 N–H and O–H groups in total. The summed E-state index contributed by atoms with van der Waals surface area (Å²) in [6.07, 6.45) is 5.38. The third kappa shape index (κ3) is 5.19. The molecule has 1 aliphatic heterocycles. The molecule has 7 nitrogen and oxygen atoms in total. The molecule has 2 aromatic rings. The SMILES string of the molecule is COC(=O)c1c(NC(=O)CN2CCC(C(=O)Nc3ccccc3)CC2)sc2c1CCCC2. The number of ether oxygens (including phenoxy) is 1. The van der Waals surface area contributed by atoms with Gasteiger partial charge in [0, 0.05) is 16.5 Å². The summed E-state index contributed by atoms with van der Waals surface area (Å²) in [6, 6.07) is 9.46. The van der Waals surface area contributed by atoms with Gasteiger partial charge < -0.3 is 15.4 Å². The molecule has 1 aromatic heterocycles. The van der Waals surface area contributed by atoms with Crippen molar-refractivity contribution >= 4 is 39.8 Å². The lowest BCUT2D eigenvalue weighted by Gasteiger charge is -2.30. The molecule has 32 heavy (non-hydrogen) atoms. The van der Waals surface area contributed by atoms with E-state index in [1.807, 2.05) is 30.3 Å². The molecule has 0 atom stereocenters. The van der Waals surface area contributed by atoms with Crippen LogP contribution in [0.3, 0.4) is 0 Å². The number of piperidine rings is 1. The highest BCUT2D eigenvalue weighted by Crippen LogP contribution is 2.38. The molecule has 1 aliphatic carbocycles. The zero-order valence-electron chi connectivity index (χ0n) is 18.3. The fourth-order valence-corrected chi connectivity index (χ4v) is 5.75. The number of carbonyl (C=O) groups excluding carboxylic acids is 3. The van der Waals surface area contributed by atoms with Crippen molar-refractivity contribution in [1.82, 2.24) is 4.90 Å². The van der Waals surface area contributed by atoms with Crippen LogP contribution in [0.4, 0.5) is 10.7 Å². The summed E-state index contributed by atoms with van der Waals surface area (Å²) < 4.78 is 4.98. The van der Waals surface area contributed by atoms with Crippen molar-refractivity contribution in [2.45, 2.75) is 38.5 Å². The van der Waals surface area contributed by atoms with Gasteiger partial charge >= 0.3 is 5.97 Å². The minimum absolute atomic E-state index is 0.0344. The number of aryl methyl sites for hydroxylation is 1. The normalized spacial score (nSPS) is 16.8. The summed E-state index contributed by atoms with van der Waals surface area (Å²) in [5.74, 6) is -0.539. The van der Waals surface area contributed by atoms with Crippen LogP contribution in [-0.2, 0) is 27.2 Å².